The number of methoxy groups -OCH3 is 1. The smallest absolute Gasteiger partial charge is 0.118 e. The van der Waals surface area contributed by atoms with Crippen molar-refractivity contribution < 1.29 is 4.74 Å². The fourth-order valence-electron chi connectivity index (χ4n) is 3.52. The molecule has 2 rings (SSSR count). The Hall–Kier alpha value is -1.02. The molecule has 112 valence electrons. The first-order valence-corrected chi connectivity index (χ1v) is 8.06. The van der Waals surface area contributed by atoms with Gasteiger partial charge >= 0.3 is 0 Å². The van der Waals surface area contributed by atoms with Crippen molar-refractivity contribution in [2.45, 2.75) is 51.4 Å². The number of benzene rings is 1. The molecule has 0 unspecified atom stereocenters. The molecule has 0 atom stereocenters. The SMILES string of the molecule is CNCCC1(CCc2ccc(OC)cc2)CCCCC1. The second-order valence-corrected chi connectivity index (χ2v) is 6.26. The van der Waals surface area contributed by atoms with Crippen LogP contribution in [0, 0.1) is 5.41 Å². The van der Waals surface area contributed by atoms with Gasteiger partial charge in [0.05, 0.1) is 7.11 Å². The van der Waals surface area contributed by atoms with Crippen molar-refractivity contribution in [3.05, 3.63) is 29.8 Å². The number of rotatable bonds is 7. The zero-order valence-electron chi connectivity index (χ0n) is 13.1. The average molecular weight is 275 g/mol. The van der Waals surface area contributed by atoms with E-state index in [1.807, 2.05) is 0 Å². The quantitative estimate of drug-likeness (QED) is 0.805. The summed E-state index contributed by atoms with van der Waals surface area (Å²) in [6, 6.07) is 8.59. The van der Waals surface area contributed by atoms with E-state index in [0.717, 1.165) is 12.3 Å². The normalized spacial score (nSPS) is 17.9. The Morgan fingerprint density at radius 2 is 1.75 bits per heavy atom. The molecule has 0 aliphatic heterocycles. The van der Waals surface area contributed by atoms with Crippen molar-refractivity contribution >= 4 is 0 Å². The lowest BCUT2D eigenvalue weighted by Gasteiger charge is -2.38. The molecule has 0 heterocycles. The van der Waals surface area contributed by atoms with Gasteiger partial charge in [0, 0.05) is 0 Å². The maximum Gasteiger partial charge on any atom is 0.118 e. The summed E-state index contributed by atoms with van der Waals surface area (Å²) < 4.78 is 5.23. The molecule has 0 spiro atoms. The molecule has 1 aromatic carbocycles. The molecule has 0 aromatic heterocycles. The summed E-state index contributed by atoms with van der Waals surface area (Å²) in [7, 11) is 3.80. The Balaban J connectivity index is 1.93. The first-order chi connectivity index (χ1) is 9.78. The summed E-state index contributed by atoms with van der Waals surface area (Å²) in [5.74, 6) is 0.955. The highest BCUT2D eigenvalue weighted by Crippen LogP contribution is 2.42. The summed E-state index contributed by atoms with van der Waals surface area (Å²) in [6.07, 6.45) is 11.0. The van der Waals surface area contributed by atoms with Gasteiger partial charge in [0.25, 0.3) is 0 Å². The fourth-order valence-corrected chi connectivity index (χ4v) is 3.52. The number of hydrogen-bond acceptors (Lipinski definition) is 2. The topological polar surface area (TPSA) is 21.3 Å². The average Bonchev–Trinajstić information content (AvgIpc) is 2.52. The Bertz CT molecular complexity index is 379. The Morgan fingerprint density at radius 3 is 2.35 bits per heavy atom. The van der Waals surface area contributed by atoms with Gasteiger partial charge in [-0.05, 0) is 68.8 Å². The Kier molecular flexibility index (Phi) is 5.90. The fraction of sp³-hybridized carbons (Fsp3) is 0.667. The number of ether oxygens (including phenoxy) is 1. The summed E-state index contributed by atoms with van der Waals surface area (Å²) in [4.78, 5) is 0. The lowest BCUT2D eigenvalue weighted by molar-refractivity contribution is 0.157. The summed E-state index contributed by atoms with van der Waals surface area (Å²) in [5, 5.41) is 3.34. The second kappa shape index (κ2) is 7.68. The molecular weight excluding hydrogens is 246 g/mol. The first kappa shape index (κ1) is 15.4. The monoisotopic (exact) mass is 275 g/mol. The van der Waals surface area contributed by atoms with Gasteiger partial charge in [0.2, 0.25) is 0 Å². The maximum absolute atomic E-state index is 5.23. The van der Waals surface area contributed by atoms with E-state index in [1.54, 1.807) is 7.11 Å². The van der Waals surface area contributed by atoms with Gasteiger partial charge in [-0.25, -0.2) is 0 Å². The maximum atomic E-state index is 5.23. The van der Waals surface area contributed by atoms with E-state index in [2.05, 4.69) is 36.6 Å². The van der Waals surface area contributed by atoms with Gasteiger partial charge < -0.3 is 10.1 Å². The summed E-state index contributed by atoms with van der Waals surface area (Å²) >= 11 is 0. The van der Waals surface area contributed by atoms with E-state index in [-0.39, 0.29) is 0 Å². The second-order valence-electron chi connectivity index (χ2n) is 6.26. The highest BCUT2D eigenvalue weighted by Gasteiger charge is 2.30. The van der Waals surface area contributed by atoms with Crippen LogP contribution in [0.2, 0.25) is 0 Å². The largest absolute Gasteiger partial charge is 0.497 e. The van der Waals surface area contributed by atoms with E-state index in [4.69, 9.17) is 4.74 Å². The molecular formula is C18H29NO. The van der Waals surface area contributed by atoms with Gasteiger partial charge in [-0.15, -0.1) is 0 Å². The van der Waals surface area contributed by atoms with E-state index >= 15 is 0 Å². The minimum Gasteiger partial charge on any atom is -0.497 e. The van der Waals surface area contributed by atoms with Gasteiger partial charge in [-0.2, -0.15) is 0 Å². The third-order valence-electron chi connectivity index (χ3n) is 4.92. The minimum atomic E-state index is 0.585. The molecule has 0 saturated heterocycles. The molecule has 1 aliphatic rings. The molecule has 1 saturated carbocycles. The van der Waals surface area contributed by atoms with E-state index < -0.39 is 0 Å². The highest BCUT2D eigenvalue weighted by atomic mass is 16.5. The van der Waals surface area contributed by atoms with Crippen LogP contribution in [0.15, 0.2) is 24.3 Å². The van der Waals surface area contributed by atoms with Crippen LogP contribution in [0.1, 0.15) is 50.5 Å². The first-order valence-electron chi connectivity index (χ1n) is 8.06. The van der Waals surface area contributed by atoms with Crippen LogP contribution < -0.4 is 10.1 Å². The molecule has 1 aromatic rings. The van der Waals surface area contributed by atoms with Crippen LogP contribution in [0.3, 0.4) is 0 Å². The minimum absolute atomic E-state index is 0.585. The highest BCUT2D eigenvalue weighted by molar-refractivity contribution is 5.27. The lowest BCUT2D eigenvalue weighted by atomic mass is 9.68. The molecule has 0 amide bonds. The summed E-state index contributed by atoms with van der Waals surface area (Å²) in [6.45, 7) is 1.16. The molecule has 1 fully saturated rings. The van der Waals surface area contributed by atoms with Gasteiger partial charge in [0.1, 0.15) is 5.75 Å². The van der Waals surface area contributed by atoms with Crippen molar-refractivity contribution in [3.63, 3.8) is 0 Å². The molecule has 1 N–H and O–H groups in total. The predicted octanol–water partition coefficient (Wildman–Crippen LogP) is 4.19. The van der Waals surface area contributed by atoms with Crippen molar-refractivity contribution in [2.75, 3.05) is 20.7 Å². The zero-order valence-corrected chi connectivity index (χ0v) is 13.1. The third-order valence-corrected chi connectivity index (χ3v) is 4.92. The van der Waals surface area contributed by atoms with Gasteiger partial charge in [0.15, 0.2) is 0 Å². The van der Waals surface area contributed by atoms with Crippen molar-refractivity contribution in [1.29, 1.82) is 0 Å². The number of hydrogen-bond donors (Lipinski definition) is 1. The molecule has 0 radical (unpaired) electrons. The van der Waals surface area contributed by atoms with Crippen molar-refractivity contribution in [3.8, 4) is 5.75 Å². The summed E-state index contributed by atoms with van der Waals surface area (Å²) in [5.41, 5.74) is 2.03. The molecule has 0 bridgehead atoms. The van der Waals surface area contributed by atoms with Crippen LogP contribution in [0.25, 0.3) is 0 Å². The van der Waals surface area contributed by atoms with E-state index in [1.165, 1.54) is 56.9 Å². The molecule has 2 nitrogen and oxygen atoms in total. The number of aryl methyl sites for hydroxylation is 1. The zero-order chi connectivity index (χ0) is 14.3. The third kappa shape index (κ3) is 4.24. The number of nitrogens with one attached hydrogen (secondary N) is 1. The van der Waals surface area contributed by atoms with Crippen LogP contribution in [0.5, 0.6) is 5.75 Å². The van der Waals surface area contributed by atoms with Crippen LogP contribution in [-0.2, 0) is 6.42 Å². The Morgan fingerprint density at radius 1 is 1.05 bits per heavy atom. The molecule has 2 heteroatoms. The van der Waals surface area contributed by atoms with Crippen molar-refractivity contribution in [2.24, 2.45) is 5.41 Å². The van der Waals surface area contributed by atoms with Gasteiger partial charge in [-0.3, -0.25) is 0 Å². The van der Waals surface area contributed by atoms with E-state index in [0.29, 0.717) is 5.41 Å². The predicted molar refractivity (Wildman–Crippen MR) is 85.4 cm³/mol. The molecule has 20 heavy (non-hydrogen) atoms. The lowest BCUT2D eigenvalue weighted by Crippen LogP contribution is -2.28. The van der Waals surface area contributed by atoms with Crippen molar-refractivity contribution in [1.82, 2.24) is 5.32 Å². The van der Waals surface area contributed by atoms with Crippen LogP contribution in [0.4, 0.5) is 0 Å². The Labute approximate surface area is 123 Å². The standard InChI is InChI=1S/C18H29NO/c1-19-15-14-18(11-4-3-5-12-18)13-10-16-6-8-17(20-2)9-7-16/h6-9,19H,3-5,10-15H2,1-2H3. The van der Waals surface area contributed by atoms with Crippen LogP contribution in [-0.4, -0.2) is 20.7 Å². The van der Waals surface area contributed by atoms with E-state index in [9.17, 15) is 0 Å². The van der Waals surface area contributed by atoms with Crippen LogP contribution >= 0.6 is 0 Å². The molecule has 1 aliphatic carbocycles. The van der Waals surface area contributed by atoms with Gasteiger partial charge in [-0.1, -0.05) is 31.4 Å².